The molecule has 1 aromatic carbocycles. The first kappa shape index (κ1) is 19.0. The van der Waals surface area contributed by atoms with Gasteiger partial charge in [0.2, 0.25) is 0 Å². The van der Waals surface area contributed by atoms with Crippen LogP contribution in [-0.4, -0.2) is 60.5 Å². The number of hydrogen-bond acceptors (Lipinski definition) is 7. The van der Waals surface area contributed by atoms with Crippen LogP contribution in [0.5, 0.6) is 0 Å². The van der Waals surface area contributed by atoms with E-state index < -0.39 is 12.2 Å². The van der Waals surface area contributed by atoms with Crippen LogP contribution in [0.1, 0.15) is 32.2 Å². The molecule has 1 saturated heterocycles. The Bertz CT molecular complexity index is 1010. The number of hydrogen-bond donors (Lipinski definition) is 2. The summed E-state index contributed by atoms with van der Waals surface area (Å²) < 4.78 is 1.71. The van der Waals surface area contributed by atoms with E-state index in [4.69, 9.17) is 21.6 Å². The summed E-state index contributed by atoms with van der Waals surface area (Å²) in [5.41, 5.74) is 1.77. The molecule has 3 aromatic rings. The van der Waals surface area contributed by atoms with Crippen molar-refractivity contribution in [2.75, 3.05) is 18.0 Å². The summed E-state index contributed by atoms with van der Waals surface area (Å²) in [6.07, 6.45) is -1.64. The number of aliphatic hydroxyl groups is 2. The largest absolute Gasteiger partial charge is 0.389 e. The van der Waals surface area contributed by atoms with Crippen molar-refractivity contribution in [1.29, 1.82) is 0 Å². The molecule has 0 aliphatic carbocycles. The Morgan fingerprint density at radius 1 is 1.11 bits per heavy atom. The zero-order chi connectivity index (χ0) is 20.1. The van der Waals surface area contributed by atoms with Gasteiger partial charge in [0.15, 0.2) is 17.0 Å². The summed E-state index contributed by atoms with van der Waals surface area (Å²) in [6, 6.07) is 7.58. The van der Waals surface area contributed by atoms with E-state index in [2.05, 4.69) is 10.3 Å². The molecule has 28 heavy (non-hydrogen) atoms. The molecule has 1 fully saturated rings. The SMILES string of the molecule is CC(C)(C)c1nc(N2C[C@@H](O)[C@H](O)C2)c2nnn(Cc3ccccc3Cl)c2n1. The minimum absolute atomic E-state index is 0.286. The van der Waals surface area contributed by atoms with Gasteiger partial charge in [-0.15, -0.1) is 5.10 Å². The standard InChI is InChI=1S/C19H23ClN6O2/c1-19(2,3)18-21-16(25-9-13(27)14(28)10-25)15-17(22-18)26(24-23-15)8-11-6-4-5-7-12(11)20/h4-7,13-14,27-28H,8-10H2,1-3H3/t13-,14-/m1/s1. The maximum atomic E-state index is 9.97. The second kappa shape index (κ2) is 6.95. The first-order chi connectivity index (χ1) is 13.2. The molecule has 0 amide bonds. The highest BCUT2D eigenvalue weighted by molar-refractivity contribution is 6.31. The van der Waals surface area contributed by atoms with Crippen molar-refractivity contribution < 1.29 is 10.2 Å². The number of β-amino-alcohol motifs (C(OH)–C–C–N with tert-alkyl or cyclic N) is 2. The molecule has 8 nitrogen and oxygen atoms in total. The molecular weight excluding hydrogens is 380 g/mol. The molecule has 0 radical (unpaired) electrons. The van der Waals surface area contributed by atoms with E-state index in [-0.39, 0.29) is 18.5 Å². The van der Waals surface area contributed by atoms with Gasteiger partial charge in [-0.25, -0.2) is 14.6 Å². The van der Waals surface area contributed by atoms with Gasteiger partial charge in [-0.1, -0.05) is 55.8 Å². The van der Waals surface area contributed by atoms with Gasteiger partial charge in [-0.3, -0.25) is 0 Å². The van der Waals surface area contributed by atoms with Crippen LogP contribution in [0, 0.1) is 0 Å². The second-order valence-corrected chi connectivity index (χ2v) is 8.58. The van der Waals surface area contributed by atoms with Crippen LogP contribution in [0.4, 0.5) is 5.82 Å². The average molecular weight is 403 g/mol. The second-order valence-electron chi connectivity index (χ2n) is 8.17. The predicted octanol–water partition coefficient (Wildman–Crippen LogP) is 1.76. The fraction of sp³-hybridized carbons (Fsp3) is 0.474. The van der Waals surface area contributed by atoms with Gasteiger partial charge >= 0.3 is 0 Å². The molecule has 0 bridgehead atoms. The van der Waals surface area contributed by atoms with Crippen LogP contribution >= 0.6 is 11.6 Å². The minimum atomic E-state index is -0.818. The van der Waals surface area contributed by atoms with Crippen molar-refractivity contribution in [2.45, 2.75) is 44.9 Å². The maximum Gasteiger partial charge on any atom is 0.184 e. The fourth-order valence-corrected chi connectivity index (χ4v) is 3.43. The first-order valence-corrected chi connectivity index (χ1v) is 9.58. The molecule has 9 heteroatoms. The van der Waals surface area contributed by atoms with Crippen molar-refractivity contribution in [3.05, 3.63) is 40.7 Å². The van der Waals surface area contributed by atoms with Crippen LogP contribution in [0.15, 0.2) is 24.3 Å². The Morgan fingerprint density at radius 2 is 1.79 bits per heavy atom. The van der Waals surface area contributed by atoms with E-state index in [1.165, 1.54) is 0 Å². The number of nitrogens with zero attached hydrogens (tertiary/aromatic N) is 6. The average Bonchev–Trinajstić information content (AvgIpc) is 3.19. The van der Waals surface area contributed by atoms with Crippen molar-refractivity contribution in [3.63, 3.8) is 0 Å². The van der Waals surface area contributed by atoms with Gasteiger partial charge in [0.1, 0.15) is 5.82 Å². The maximum absolute atomic E-state index is 9.97. The highest BCUT2D eigenvalue weighted by atomic mass is 35.5. The third kappa shape index (κ3) is 3.43. The summed E-state index contributed by atoms with van der Waals surface area (Å²) in [5.74, 6) is 1.23. The highest BCUT2D eigenvalue weighted by Gasteiger charge is 2.33. The van der Waals surface area contributed by atoms with E-state index in [0.717, 1.165) is 5.56 Å². The van der Waals surface area contributed by atoms with Crippen LogP contribution in [-0.2, 0) is 12.0 Å². The molecule has 1 aliphatic heterocycles. The lowest BCUT2D eigenvalue weighted by molar-refractivity contribution is 0.0572. The van der Waals surface area contributed by atoms with Gasteiger partial charge < -0.3 is 15.1 Å². The van der Waals surface area contributed by atoms with Crippen molar-refractivity contribution in [1.82, 2.24) is 25.0 Å². The smallest absolute Gasteiger partial charge is 0.184 e. The molecule has 2 N–H and O–H groups in total. The third-order valence-corrected chi connectivity index (χ3v) is 5.22. The molecule has 2 aromatic heterocycles. The van der Waals surface area contributed by atoms with Crippen molar-refractivity contribution in [3.8, 4) is 0 Å². The third-order valence-electron chi connectivity index (χ3n) is 4.85. The van der Waals surface area contributed by atoms with E-state index in [0.29, 0.717) is 34.4 Å². The lowest BCUT2D eigenvalue weighted by atomic mass is 9.96. The van der Waals surface area contributed by atoms with E-state index in [9.17, 15) is 10.2 Å². The quantitative estimate of drug-likeness (QED) is 0.688. The van der Waals surface area contributed by atoms with Gasteiger partial charge in [-0.2, -0.15) is 0 Å². The Hall–Kier alpha value is -2.29. The van der Waals surface area contributed by atoms with Crippen molar-refractivity contribution >= 4 is 28.6 Å². The highest BCUT2D eigenvalue weighted by Crippen LogP contribution is 2.30. The molecule has 4 rings (SSSR count). The number of aromatic nitrogens is 5. The molecule has 0 unspecified atom stereocenters. The Morgan fingerprint density at radius 3 is 2.43 bits per heavy atom. The van der Waals surface area contributed by atoms with Gasteiger partial charge in [0.25, 0.3) is 0 Å². The van der Waals surface area contributed by atoms with Gasteiger partial charge in [-0.05, 0) is 11.6 Å². The molecule has 0 saturated carbocycles. The Balaban J connectivity index is 1.83. The molecule has 148 valence electrons. The molecule has 2 atom stereocenters. The normalized spacial score (nSPS) is 20.3. The fourth-order valence-electron chi connectivity index (χ4n) is 3.23. The molecule has 3 heterocycles. The number of fused-ring (bicyclic) bond motifs is 1. The Labute approximate surface area is 167 Å². The zero-order valence-electron chi connectivity index (χ0n) is 16.0. The summed E-state index contributed by atoms with van der Waals surface area (Å²) in [7, 11) is 0. The number of aliphatic hydroxyl groups excluding tert-OH is 2. The van der Waals surface area contributed by atoms with E-state index >= 15 is 0 Å². The van der Waals surface area contributed by atoms with Crippen LogP contribution in [0.25, 0.3) is 11.2 Å². The monoisotopic (exact) mass is 402 g/mol. The first-order valence-electron chi connectivity index (χ1n) is 9.20. The minimum Gasteiger partial charge on any atom is -0.389 e. The van der Waals surface area contributed by atoms with Crippen molar-refractivity contribution in [2.24, 2.45) is 0 Å². The Kier molecular flexibility index (Phi) is 4.73. The summed E-state index contributed by atoms with van der Waals surface area (Å²) in [4.78, 5) is 11.3. The topological polar surface area (TPSA) is 100 Å². The number of rotatable bonds is 3. The van der Waals surface area contributed by atoms with Gasteiger partial charge in [0.05, 0.1) is 18.8 Å². The van der Waals surface area contributed by atoms with Crippen LogP contribution < -0.4 is 4.90 Å². The van der Waals surface area contributed by atoms with Gasteiger partial charge in [0, 0.05) is 23.5 Å². The summed E-state index contributed by atoms with van der Waals surface area (Å²) in [5, 5.41) is 29.2. The number of halogens is 1. The zero-order valence-corrected chi connectivity index (χ0v) is 16.8. The number of benzene rings is 1. The summed E-state index contributed by atoms with van der Waals surface area (Å²) in [6.45, 7) is 7.11. The summed E-state index contributed by atoms with van der Waals surface area (Å²) >= 11 is 6.31. The van der Waals surface area contributed by atoms with E-state index in [1.807, 2.05) is 49.9 Å². The lowest BCUT2D eigenvalue weighted by Crippen LogP contribution is -2.25. The molecule has 0 spiro atoms. The van der Waals surface area contributed by atoms with Crippen LogP contribution in [0.2, 0.25) is 5.02 Å². The molecule has 1 aliphatic rings. The van der Waals surface area contributed by atoms with E-state index in [1.54, 1.807) is 4.68 Å². The number of anilines is 1. The van der Waals surface area contributed by atoms with Crippen LogP contribution in [0.3, 0.4) is 0 Å². The molecular formula is C19H23ClN6O2. The predicted molar refractivity (Wildman–Crippen MR) is 107 cm³/mol. The lowest BCUT2D eigenvalue weighted by Gasteiger charge is -2.21.